The van der Waals surface area contributed by atoms with E-state index in [1.165, 1.54) is 39.9 Å². The molecule has 0 fully saturated rings. The number of rotatable bonds is 11. The van der Waals surface area contributed by atoms with E-state index in [2.05, 4.69) is 30.6 Å². The third-order valence-corrected chi connectivity index (χ3v) is 5.60. The number of carboxylic acid groups (broad SMARTS) is 1. The lowest BCUT2D eigenvalue weighted by molar-refractivity contribution is -0.134. The lowest BCUT2D eigenvalue weighted by Gasteiger charge is -2.16. The maximum Gasteiger partial charge on any atom is 0.405 e. The first-order valence-corrected chi connectivity index (χ1v) is 12.0. The highest BCUT2D eigenvalue weighted by Crippen LogP contribution is 2.23. The number of anilines is 1. The molecule has 16 heteroatoms. The van der Waals surface area contributed by atoms with Crippen LogP contribution in [0.2, 0.25) is 0 Å². The van der Waals surface area contributed by atoms with Crippen LogP contribution in [0.25, 0.3) is 11.2 Å². The third-order valence-electron chi connectivity index (χ3n) is 5.60. The number of aromatic amines is 1. The monoisotopic (exact) mass is 564 g/mol. The summed E-state index contributed by atoms with van der Waals surface area (Å²) in [5.41, 5.74) is -0.269. The Balaban J connectivity index is 1.74. The van der Waals surface area contributed by atoms with Gasteiger partial charge in [0.2, 0.25) is 11.8 Å². The number of alkyl halides is 3. The minimum atomic E-state index is -4.36. The van der Waals surface area contributed by atoms with Gasteiger partial charge in [-0.1, -0.05) is 6.08 Å². The minimum Gasteiger partial charge on any atom is -0.465 e. The molecular formula is C24H27F3N8O5. The number of likely N-dealkylation sites (N-methyl/N-ethyl adjacent to an activating group) is 1. The van der Waals surface area contributed by atoms with Crippen molar-refractivity contribution >= 4 is 34.8 Å². The van der Waals surface area contributed by atoms with Crippen molar-refractivity contribution in [1.29, 1.82) is 0 Å². The van der Waals surface area contributed by atoms with Crippen molar-refractivity contribution in [2.45, 2.75) is 44.4 Å². The van der Waals surface area contributed by atoms with Gasteiger partial charge in [-0.15, -0.1) is 0 Å². The second-order valence-corrected chi connectivity index (χ2v) is 8.88. The molecule has 0 spiro atoms. The largest absolute Gasteiger partial charge is 0.465 e. The summed E-state index contributed by atoms with van der Waals surface area (Å²) in [6.45, 7) is -0.126. The van der Waals surface area contributed by atoms with Crippen molar-refractivity contribution in [2.24, 2.45) is 0 Å². The number of fused-ring (bicyclic) bond motifs is 1. The molecule has 0 aliphatic heterocycles. The van der Waals surface area contributed by atoms with Crippen molar-refractivity contribution in [1.82, 2.24) is 34.7 Å². The van der Waals surface area contributed by atoms with Gasteiger partial charge in [0.05, 0.1) is 12.2 Å². The van der Waals surface area contributed by atoms with Gasteiger partial charge in [-0.2, -0.15) is 13.2 Å². The number of pyridine rings is 1. The third kappa shape index (κ3) is 8.37. The second kappa shape index (κ2) is 12.9. The van der Waals surface area contributed by atoms with E-state index < -0.39 is 36.2 Å². The standard InChI is InChI=1S/C24H27F3N8O5/c1-34(2)18(36)8-4-3-6-15(31-23(39)40)21(37)30-16-7-5-11-35(22(16)38)12-17-32-19-14(9-10-24(25,26)27)28-13-29-20(19)33-17/h4-5,7-8,11,13,15,31H,3,6,9-10,12H2,1-2H3,(H,30,37)(H,39,40)(H,28,29,32,33). The number of carbonyl (C=O) groups is 3. The molecule has 0 saturated heterocycles. The lowest BCUT2D eigenvalue weighted by atomic mass is 10.1. The van der Waals surface area contributed by atoms with Crippen molar-refractivity contribution in [3.63, 3.8) is 0 Å². The van der Waals surface area contributed by atoms with Gasteiger partial charge in [-0.3, -0.25) is 14.4 Å². The van der Waals surface area contributed by atoms with E-state index in [1.807, 2.05) is 0 Å². The van der Waals surface area contributed by atoms with Crippen molar-refractivity contribution in [3.05, 3.63) is 58.7 Å². The van der Waals surface area contributed by atoms with Crippen molar-refractivity contribution in [2.75, 3.05) is 19.4 Å². The van der Waals surface area contributed by atoms with E-state index in [9.17, 15) is 32.3 Å². The highest BCUT2D eigenvalue weighted by Gasteiger charge is 2.27. The first-order valence-electron chi connectivity index (χ1n) is 12.0. The molecule has 4 N–H and O–H groups in total. The van der Waals surface area contributed by atoms with Gasteiger partial charge in [-0.25, -0.2) is 19.7 Å². The molecular weight excluding hydrogens is 537 g/mol. The highest BCUT2D eigenvalue weighted by molar-refractivity contribution is 5.96. The fourth-order valence-corrected chi connectivity index (χ4v) is 3.60. The molecule has 0 aliphatic rings. The number of aryl methyl sites for hydroxylation is 1. The molecule has 3 aromatic heterocycles. The van der Waals surface area contributed by atoms with Gasteiger partial charge in [0, 0.05) is 33.1 Å². The van der Waals surface area contributed by atoms with E-state index >= 15 is 0 Å². The Labute approximate surface area is 225 Å². The number of allylic oxidation sites excluding steroid dienone is 1. The summed E-state index contributed by atoms with van der Waals surface area (Å²) in [6.07, 6.45) is -1.69. The molecule has 3 rings (SSSR count). The number of halogens is 3. The normalized spacial score (nSPS) is 12.4. The summed E-state index contributed by atoms with van der Waals surface area (Å²) < 4.78 is 39.2. The summed E-state index contributed by atoms with van der Waals surface area (Å²) in [5.74, 6) is -0.831. The Hall–Kier alpha value is -4.76. The van der Waals surface area contributed by atoms with Crippen LogP contribution in [-0.4, -0.2) is 78.7 Å². The van der Waals surface area contributed by atoms with Crippen LogP contribution in [0.5, 0.6) is 0 Å². The van der Waals surface area contributed by atoms with Gasteiger partial charge < -0.3 is 30.2 Å². The molecule has 1 atom stereocenters. The molecule has 0 saturated carbocycles. The summed E-state index contributed by atoms with van der Waals surface area (Å²) in [4.78, 5) is 64.9. The quantitative estimate of drug-likeness (QED) is 0.256. The van der Waals surface area contributed by atoms with Gasteiger partial charge >= 0.3 is 12.3 Å². The number of nitrogens with zero attached hydrogens (tertiary/aromatic N) is 5. The zero-order valence-corrected chi connectivity index (χ0v) is 21.5. The smallest absolute Gasteiger partial charge is 0.405 e. The van der Waals surface area contributed by atoms with E-state index in [-0.39, 0.29) is 60.1 Å². The Kier molecular flexibility index (Phi) is 9.58. The maximum absolute atomic E-state index is 13.0. The van der Waals surface area contributed by atoms with Gasteiger partial charge in [0.25, 0.3) is 5.56 Å². The fourth-order valence-electron chi connectivity index (χ4n) is 3.60. The number of carbonyl (C=O) groups excluding carboxylic acids is 2. The Morgan fingerprint density at radius 1 is 1.25 bits per heavy atom. The predicted octanol–water partition coefficient (Wildman–Crippen LogP) is 2.06. The summed E-state index contributed by atoms with van der Waals surface area (Å²) in [6, 6.07) is 1.60. The number of imidazole rings is 1. The molecule has 3 amide bonds. The number of nitrogens with one attached hydrogen (secondary N) is 3. The number of H-pyrrole nitrogens is 1. The molecule has 1 unspecified atom stereocenters. The van der Waals surface area contributed by atoms with Crippen LogP contribution in [0.4, 0.5) is 23.7 Å². The predicted molar refractivity (Wildman–Crippen MR) is 137 cm³/mol. The fraction of sp³-hybridized carbons (Fsp3) is 0.375. The number of hydrogen-bond donors (Lipinski definition) is 4. The van der Waals surface area contributed by atoms with E-state index in [0.717, 1.165) is 6.33 Å². The second-order valence-electron chi connectivity index (χ2n) is 8.88. The summed E-state index contributed by atoms with van der Waals surface area (Å²) in [5, 5.41) is 13.6. The number of aromatic nitrogens is 5. The minimum absolute atomic E-state index is 0.0209. The van der Waals surface area contributed by atoms with Crippen LogP contribution >= 0.6 is 0 Å². The zero-order chi connectivity index (χ0) is 29.4. The molecule has 0 aromatic carbocycles. The Morgan fingerprint density at radius 3 is 2.67 bits per heavy atom. The van der Waals surface area contributed by atoms with Crippen molar-refractivity contribution in [3.8, 4) is 0 Å². The van der Waals surface area contributed by atoms with Crippen LogP contribution in [-0.2, 0) is 22.6 Å². The van der Waals surface area contributed by atoms with Crippen LogP contribution in [0.3, 0.4) is 0 Å². The molecule has 0 bridgehead atoms. The van der Waals surface area contributed by atoms with E-state index in [1.54, 1.807) is 14.1 Å². The molecule has 214 valence electrons. The van der Waals surface area contributed by atoms with Crippen LogP contribution in [0.15, 0.2) is 41.6 Å². The summed E-state index contributed by atoms with van der Waals surface area (Å²) in [7, 11) is 3.14. The number of amides is 3. The number of hydrogen-bond acceptors (Lipinski definition) is 7. The SMILES string of the molecule is CN(C)C(=O)C=CCCC(NC(=O)O)C(=O)Nc1cccn(Cc2nc3ncnc(CCC(F)(F)F)c3[nH]2)c1=O. The first-order chi connectivity index (χ1) is 18.8. The van der Waals surface area contributed by atoms with E-state index in [4.69, 9.17) is 5.11 Å². The first kappa shape index (κ1) is 29.8. The molecule has 3 heterocycles. The molecule has 0 radical (unpaired) electrons. The van der Waals surface area contributed by atoms with Crippen LogP contribution in [0.1, 0.15) is 30.8 Å². The van der Waals surface area contributed by atoms with Crippen LogP contribution < -0.4 is 16.2 Å². The maximum atomic E-state index is 13.0. The van der Waals surface area contributed by atoms with Gasteiger partial charge in [-0.05, 0) is 31.1 Å². The van der Waals surface area contributed by atoms with Gasteiger partial charge in [0.1, 0.15) is 29.4 Å². The average Bonchev–Trinajstić information content (AvgIpc) is 3.29. The lowest BCUT2D eigenvalue weighted by Crippen LogP contribution is -2.44. The Morgan fingerprint density at radius 2 is 2.00 bits per heavy atom. The summed E-state index contributed by atoms with van der Waals surface area (Å²) >= 11 is 0. The molecule has 3 aromatic rings. The topological polar surface area (TPSA) is 175 Å². The molecule has 40 heavy (non-hydrogen) atoms. The highest BCUT2D eigenvalue weighted by atomic mass is 19.4. The van der Waals surface area contributed by atoms with E-state index in [0.29, 0.717) is 0 Å². The van der Waals surface area contributed by atoms with Crippen molar-refractivity contribution < 1.29 is 32.7 Å². The van der Waals surface area contributed by atoms with Gasteiger partial charge in [0.15, 0.2) is 5.65 Å². The average molecular weight is 565 g/mol. The molecule has 13 nitrogen and oxygen atoms in total. The molecule has 0 aliphatic carbocycles. The Bertz CT molecular complexity index is 1460. The zero-order valence-electron chi connectivity index (χ0n) is 21.5. The van der Waals surface area contributed by atoms with Crippen LogP contribution in [0, 0.1) is 0 Å².